The predicted molar refractivity (Wildman–Crippen MR) is 138 cm³/mol. The first-order valence-corrected chi connectivity index (χ1v) is 12.3. The highest BCUT2D eigenvalue weighted by atomic mass is 16.5. The zero-order valence-corrected chi connectivity index (χ0v) is 21.0. The number of amides is 2. The van der Waals surface area contributed by atoms with E-state index in [0.717, 1.165) is 28.7 Å². The average molecular weight is 471 g/mol. The number of hydrogen-bond donors (Lipinski definition) is 1. The highest BCUT2D eigenvalue weighted by molar-refractivity contribution is 5.80. The van der Waals surface area contributed by atoms with Gasteiger partial charge in [-0.1, -0.05) is 79.6 Å². The van der Waals surface area contributed by atoms with Gasteiger partial charge in [-0.05, 0) is 54.7 Å². The first-order valence-electron chi connectivity index (χ1n) is 12.3. The van der Waals surface area contributed by atoms with Crippen LogP contribution in [-0.4, -0.2) is 29.9 Å². The lowest BCUT2D eigenvalue weighted by Gasteiger charge is -2.39. The standard InChI is InChI=1S/C30H34N2O3/c1-20(2)30(34)32-15-14-24-12-13-26(17-27(24)29(32)25-10-8-21(3)9-11-25)35-19-28(33)31-18-23-7-5-6-22(4)16-23/h5-13,16-17,20,29H,14-15,18-19H2,1-4H3,(H,31,33). The summed E-state index contributed by atoms with van der Waals surface area (Å²) in [5.41, 5.74) is 6.75. The van der Waals surface area contributed by atoms with Gasteiger partial charge in [0.2, 0.25) is 5.91 Å². The lowest BCUT2D eigenvalue weighted by atomic mass is 9.87. The Morgan fingerprint density at radius 3 is 2.49 bits per heavy atom. The van der Waals surface area contributed by atoms with E-state index in [4.69, 9.17) is 4.74 Å². The number of nitrogens with zero attached hydrogens (tertiary/aromatic N) is 1. The van der Waals surface area contributed by atoms with E-state index in [-0.39, 0.29) is 30.4 Å². The van der Waals surface area contributed by atoms with Crippen LogP contribution in [0.5, 0.6) is 5.75 Å². The van der Waals surface area contributed by atoms with Gasteiger partial charge < -0.3 is 15.0 Å². The van der Waals surface area contributed by atoms with Crippen molar-refractivity contribution in [1.82, 2.24) is 10.2 Å². The van der Waals surface area contributed by atoms with Crippen LogP contribution in [0.15, 0.2) is 66.7 Å². The molecule has 5 heteroatoms. The van der Waals surface area contributed by atoms with E-state index in [1.54, 1.807) is 0 Å². The molecule has 0 saturated carbocycles. The van der Waals surface area contributed by atoms with Gasteiger partial charge in [-0.3, -0.25) is 9.59 Å². The van der Waals surface area contributed by atoms with Gasteiger partial charge in [-0.15, -0.1) is 0 Å². The summed E-state index contributed by atoms with van der Waals surface area (Å²) in [6, 6.07) is 22.2. The maximum Gasteiger partial charge on any atom is 0.258 e. The van der Waals surface area contributed by atoms with Crippen molar-refractivity contribution in [2.24, 2.45) is 5.92 Å². The van der Waals surface area contributed by atoms with E-state index in [2.05, 4.69) is 48.6 Å². The quantitative estimate of drug-likeness (QED) is 0.521. The molecule has 2 amide bonds. The molecule has 0 radical (unpaired) electrons. The molecule has 0 fully saturated rings. The molecule has 182 valence electrons. The van der Waals surface area contributed by atoms with Crippen LogP contribution < -0.4 is 10.1 Å². The van der Waals surface area contributed by atoms with Crippen molar-refractivity contribution in [2.45, 2.75) is 46.7 Å². The predicted octanol–water partition coefficient (Wildman–Crippen LogP) is 5.13. The first-order chi connectivity index (χ1) is 16.8. The highest BCUT2D eigenvalue weighted by Gasteiger charge is 2.33. The first kappa shape index (κ1) is 24.5. The molecular weight excluding hydrogens is 436 g/mol. The lowest BCUT2D eigenvalue weighted by molar-refractivity contribution is -0.136. The number of carbonyl (C=O) groups excluding carboxylic acids is 2. The largest absolute Gasteiger partial charge is 0.484 e. The smallest absolute Gasteiger partial charge is 0.258 e. The third-order valence-electron chi connectivity index (χ3n) is 6.46. The SMILES string of the molecule is Cc1ccc(C2c3cc(OCC(=O)NCc4cccc(C)c4)ccc3CCN2C(=O)C(C)C)cc1. The summed E-state index contributed by atoms with van der Waals surface area (Å²) in [6.45, 7) is 9.07. The van der Waals surface area contributed by atoms with Crippen LogP contribution in [0.2, 0.25) is 0 Å². The highest BCUT2D eigenvalue weighted by Crippen LogP contribution is 2.38. The van der Waals surface area contributed by atoms with Crippen LogP contribution in [0.3, 0.4) is 0 Å². The van der Waals surface area contributed by atoms with Crippen LogP contribution in [0.1, 0.15) is 53.3 Å². The topological polar surface area (TPSA) is 58.6 Å². The molecule has 1 aliphatic heterocycles. The van der Waals surface area contributed by atoms with Gasteiger partial charge in [0.1, 0.15) is 5.75 Å². The Labute approximate surface area is 208 Å². The molecule has 1 aliphatic rings. The minimum absolute atomic E-state index is 0.0611. The van der Waals surface area contributed by atoms with E-state index in [9.17, 15) is 9.59 Å². The van der Waals surface area contributed by atoms with Gasteiger partial charge >= 0.3 is 0 Å². The number of hydrogen-bond acceptors (Lipinski definition) is 3. The number of aryl methyl sites for hydroxylation is 2. The van der Waals surface area contributed by atoms with Crippen molar-refractivity contribution in [3.63, 3.8) is 0 Å². The van der Waals surface area contributed by atoms with Crippen molar-refractivity contribution >= 4 is 11.8 Å². The summed E-state index contributed by atoms with van der Waals surface area (Å²) < 4.78 is 5.88. The second-order valence-corrected chi connectivity index (χ2v) is 9.66. The average Bonchev–Trinajstić information content (AvgIpc) is 2.85. The van der Waals surface area contributed by atoms with Gasteiger partial charge in [-0.25, -0.2) is 0 Å². The Kier molecular flexibility index (Phi) is 7.54. The number of fused-ring (bicyclic) bond motifs is 1. The van der Waals surface area contributed by atoms with Gasteiger partial charge in [0, 0.05) is 19.0 Å². The zero-order chi connectivity index (χ0) is 24.9. The zero-order valence-electron chi connectivity index (χ0n) is 21.0. The summed E-state index contributed by atoms with van der Waals surface area (Å²) in [5, 5.41) is 2.92. The normalized spacial score (nSPS) is 15.0. The Hall–Kier alpha value is -3.60. The molecule has 35 heavy (non-hydrogen) atoms. The molecule has 3 aromatic carbocycles. The van der Waals surface area contributed by atoms with Crippen LogP contribution in [0, 0.1) is 19.8 Å². The molecule has 1 N–H and O–H groups in total. The molecule has 0 aromatic heterocycles. The molecule has 0 spiro atoms. The van der Waals surface area contributed by atoms with Crippen molar-refractivity contribution in [3.05, 3.63) is 100 Å². The summed E-state index contributed by atoms with van der Waals surface area (Å²) in [5.74, 6) is 0.519. The van der Waals surface area contributed by atoms with Crippen LogP contribution in [-0.2, 0) is 22.6 Å². The molecule has 1 atom stereocenters. The molecule has 3 aromatic rings. The molecular formula is C30H34N2O3. The molecule has 4 rings (SSSR count). The Balaban J connectivity index is 1.51. The number of benzene rings is 3. The molecule has 0 aliphatic carbocycles. The number of ether oxygens (including phenoxy) is 1. The second kappa shape index (κ2) is 10.8. The van der Waals surface area contributed by atoms with Gasteiger partial charge in [0.25, 0.3) is 5.91 Å². The van der Waals surface area contributed by atoms with E-state index >= 15 is 0 Å². The van der Waals surface area contributed by atoms with Crippen molar-refractivity contribution in [1.29, 1.82) is 0 Å². The van der Waals surface area contributed by atoms with Crippen molar-refractivity contribution in [3.8, 4) is 5.75 Å². The fourth-order valence-corrected chi connectivity index (χ4v) is 4.58. The summed E-state index contributed by atoms with van der Waals surface area (Å²) in [4.78, 5) is 27.5. The fraction of sp³-hybridized carbons (Fsp3) is 0.333. The Morgan fingerprint density at radius 1 is 1.00 bits per heavy atom. The van der Waals surface area contributed by atoms with E-state index in [0.29, 0.717) is 18.8 Å². The summed E-state index contributed by atoms with van der Waals surface area (Å²) in [6.07, 6.45) is 0.799. The maximum absolute atomic E-state index is 13.1. The van der Waals surface area contributed by atoms with Crippen LogP contribution in [0.4, 0.5) is 0 Å². The fourth-order valence-electron chi connectivity index (χ4n) is 4.58. The molecule has 0 saturated heterocycles. The summed E-state index contributed by atoms with van der Waals surface area (Å²) in [7, 11) is 0. The molecule has 1 unspecified atom stereocenters. The van der Waals surface area contributed by atoms with Crippen LogP contribution in [0.25, 0.3) is 0 Å². The third kappa shape index (κ3) is 5.91. The van der Waals surface area contributed by atoms with E-state index in [1.807, 2.05) is 56.0 Å². The second-order valence-electron chi connectivity index (χ2n) is 9.66. The minimum Gasteiger partial charge on any atom is -0.484 e. The molecule has 1 heterocycles. The van der Waals surface area contributed by atoms with Crippen LogP contribution >= 0.6 is 0 Å². The van der Waals surface area contributed by atoms with Crippen molar-refractivity contribution < 1.29 is 14.3 Å². The molecule has 5 nitrogen and oxygen atoms in total. The van der Waals surface area contributed by atoms with Gasteiger partial charge in [0.15, 0.2) is 6.61 Å². The third-order valence-corrected chi connectivity index (χ3v) is 6.46. The van der Waals surface area contributed by atoms with E-state index < -0.39 is 0 Å². The minimum atomic E-state index is -0.173. The number of carbonyl (C=O) groups is 2. The summed E-state index contributed by atoms with van der Waals surface area (Å²) >= 11 is 0. The van der Waals surface area contributed by atoms with Gasteiger partial charge in [0.05, 0.1) is 6.04 Å². The van der Waals surface area contributed by atoms with E-state index in [1.165, 1.54) is 11.1 Å². The maximum atomic E-state index is 13.1. The Morgan fingerprint density at radius 2 is 1.77 bits per heavy atom. The monoisotopic (exact) mass is 470 g/mol. The van der Waals surface area contributed by atoms with Gasteiger partial charge in [-0.2, -0.15) is 0 Å². The number of rotatable bonds is 7. The lowest BCUT2D eigenvalue weighted by Crippen LogP contribution is -2.42. The molecule has 0 bridgehead atoms. The number of nitrogens with one attached hydrogen (secondary N) is 1. The van der Waals surface area contributed by atoms with Crippen molar-refractivity contribution in [2.75, 3.05) is 13.2 Å². The Bertz CT molecular complexity index is 1200.